The number of hydrogen-bond acceptors (Lipinski definition) is 2. The highest BCUT2D eigenvalue weighted by molar-refractivity contribution is 5.22. The lowest BCUT2D eigenvalue weighted by Crippen LogP contribution is -2.41. The largest absolute Gasteiger partial charge is 0.464 e. The minimum absolute atomic E-state index is 0.0947. The maximum Gasteiger partial charge on any atom is 0.216 e. The van der Waals surface area contributed by atoms with Gasteiger partial charge in [0.1, 0.15) is 5.75 Å². The van der Waals surface area contributed by atoms with E-state index >= 15 is 0 Å². The van der Waals surface area contributed by atoms with Crippen LogP contribution in [-0.2, 0) is 0 Å². The van der Waals surface area contributed by atoms with E-state index in [1.54, 1.807) is 0 Å². The van der Waals surface area contributed by atoms with Crippen LogP contribution >= 0.6 is 0 Å². The summed E-state index contributed by atoms with van der Waals surface area (Å²) in [5.74, 6) is 7.02. The van der Waals surface area contributed by atoms with Gasteiger partial charge in [-0.3, -0.25) is 4.90 Å². The highest BCUT2D eigenvalue weighted by atomic mass is 16.5. The van der Waals surface area contributed by atoms with Crippen LogP contribution in [0.15, 0.2) is 30.3 Å². The van der Waals surface area contributed by atoms with E-state index in [2.05, 4.69) is 16.7 Å². The van der Waals surface area contributed by atoms with Crippen molar-refractivity contribution < 1.29 is 4.74 Å². The first-order chi connectivity index (χ1) is 8.40. The maximum absolute atomic E-state index is 5.95. The van der Waals surface area contributed by atoms with Gasteiger partial charge in [-0.15, -0.1) is 5.92 Å². The van der Waals surface area contributed by atoms with E-state index in [0.29, 0.717) is 0 Å². The highest BCUT2D eigenvalue weighted by Crippen LogP contribution is 2.16. The molecule has 0 bridgehead atoms. The van der Waals surface area contributed by atoms with Crippen molar-refractivity contribution in [2.24, 2.45) is 0 Å². The second-order valence-corrected chi connectivity index (χ2v) is 4.27. The molecule has 1 unspecified atom stereocenters. The second kappa shape index (κ2) is 6.32. The molecule has 0 aliphatic carbocycles. The molecule has 2 nitrogen and oxygen atoms in total. The van der Waals surface area contributed by atoms with Crippen molar-refractivity contribution in [1.29, 1.82) is 0 Å². The molecule has 1 aliphatic rings. The molecule has 1 heterocycles. The molecule has 1 aromatic carbocycles. The molecule has 0 spiro atoms. The van der Waals surface area contributed by atoms with Gasteiger partial charge in [-0.2, -0.15) is 0 Å². The van der Waals surface area contributed by atoms with Crippen LogP contribution in [0.5, 0.6) is 5.75 Å². The summed E-state index contributed by atoms with van der Waals surface area (Å²) in [7, 11) is 0. The molecular formula is C15H19NO. The van der Waals surface area contributed by atoms with Gasteiger partial charge >= 0.3 is 0 Å². The van der Waals surface area contributed by atoms with Gasteiger partial charge in [-0.1, -0.05) is 24.6 Å². The maximum atomic E-state index is 5.95. The predicted octanol–water partition coefficient (Wildman–Crippen LogP) is 2.90. The van der Waals surface area contributed by atoms with Crippen molar-refractivity contribution >= 4 is 0 Å². The summed E-state index contributed by atoms with van der Waals surface area (Å²) in [5, 5.41) is 0. The Kier molecular flexibility index (Phi) is 4.46. The van der Waals surface area contributed by atoms with E-state index in [0.717, 1.165) is 18.8 Å². The average Bonchev–Trinajstić information content (AvgIpc) is 2.40. The summed E-state index contributed by atoms with van der Waals surface area (Å²) in [6, 6.07) is 9.93. The molecule has 90 valence electrons. The SMILES string of the molecule is CC#CC(Oc1ccccc1)N1CCCCC1. The molecule has 2 rings (SSSR count). The number of benzene rings is 1. The Hall–Kier alpha value is -1.46. The number of rotatable bonds is 3. The van der Waals surface area contributed by atoms with Gasteiger partial charge in [0.25, 0.3) is 0 Å². The fourth-order valence-electron chi connectivity index (χ4n) is 2.10. The number of para-hydroxylation sites is 1. The first-order valence-corrected chi connectivity index (χ1v) is 6.28. The Morgan fingerprint density at radius 1 is 1.12 bits per heavy atom. The third-order valence-electron chi connectivity index (χ3n) is 2.98. The van der Waals surface area contributed by atoms with Crippen molar-refractivity contribution in [3.8, 4) is 17.6 Å². The zero-order valence-electron chi connectivity index (χ0n) is 10.4. The van der Waals surface area contributed by atoms with Crippen LogP contribution in [0, 0.1) is 11.8 Å². The van der Waals surface area contributed by atoms with Crippen LogP contribution in [0.4, 0.5) is 0 Å². The van der Waals surface area contributed by atoms with Crippen molar-refractivity contribution in [3.63, 3.8) is 0 Å². The van der Waals surface area contributed by atoms with Gasteiger partial charge in [0, 0.05) is 13.1 Å². The van der Waals surface area contributed by atoms with Gasteiger partial charge in [0.2, 0.25) is 6.23 Å². The molecule has 1 aliphatic heterocycles. The van der Waals surface area contributed by atoms with Crippen LogP contribution in [0.1, 0.15) is 26.2 Å². The van der Waals surface area contributed by atoms with Crippen molar-refractivity contribution in [3.05, 3.63) is 30.3 Å². The van der Waals surface area contributed by atoms with Crippen LogP contribution < -0.4 is 4.74 Å². The van der Waals surface area contributed by atoms with E-state index in [9.17, 15) is 0 Å². The first kappa shape index (κ1) is 12.0. The number of ether oxygens (including phenoxy) is 1. The average molecular weight is 229 g/mol. The molecule has 1 fully saturated rings. The van der Waals surface area contributed by atoms with Crippen LogP contribution in [0.2, 0.25) is 0 Å². The molecule has 0 saturated carbocycles. The lowest BCUT2D eigenvalue weighted by molar-refractivity contribution is 0.0543. The lowest BCUT2D eigenvalue weighted by Gasteiger charge is -2.31. The minimum atomic E-state index is -0.0947. The summed E-state index contributed by atoms with van der Waals surface area (Å²) in [5.41, 5.74) is 0. The third kappa shape index (κ3) is 3.51. The molecule has 1 aromatic rings. The molecule has 17 heavy (non-hydrogen) atoms. The fourth-order valence-corrected chi connectivity index (χ4v) is 2.10. The Morgan fingerprint density at radius 2 is 1.82 bits per heavy atom. The van der Waals surface area contributed by atoms with Gasteiger partial charge < -0.3 is 4.74 Å². The van der Waals surface area contributed by atoms with Gasteiger partial charge in [0.15, 0.2) is 0 Å². The van der Waals surface area contributed by atoms with Crippen LogP contribution in [-0.4, -0.2) is 24.2 Å². The van der Waals surface area contributed by atoms with E-state index in [-0.39, 0.29) is 6.23 Å². The summed E-state index contributed by atoms with van der Waals surface area (Å²) in [6.45, 7) is 4.05. The van der Waals surface area contributed by atoms with Gasteiger partial charge in [0.05, 0.1) is 0 Å². The standard InChI is InChI=1S/C15H19NO/c1-2-9-15(16-12-7-4-8-13-16)17-14-10-5-3-6-11-14/h3,5-6,10-11,15H,4,7-8,12-13H2,1H3. The number of nitrogens with zero attached hydrogens (tertiary/aromatic N) is 1. The number of piperidine rings is 1. The Labute approximate surface area is 104 Å². The van der Waals surface area contributed by atoms with Crippen molar-refractivity contribution in [2.75, 3.05) is 13.1 Å². The van der Waals surface area contributed by atoms with E-state index in [1.807, 2.05) is 37.3 Å². The Bertz CT molecular complexity index is 384. The number of likely N-dealkylation sites (tertiary alicyclic amines) is 1. The molecule has 0 radical (unpaired) electrons. The second-order valence-electron chi connectivity index (χ2n) is 4.27. The lowest BCUT2D eigenvalue weighted by atomic mass is 10.1. The third-order valence-corrected chi connectivity index (χ3v) is 2.98. The summed E-state index contributed by atoms with van der Waals surface area (Å²) in [4.78, 5) is 2.33. The molecular weight excluding hydrogens is 210 g/mol. The first-order valence-electron chi connectivity index (χ1n) is 6.28. The van der Waals surface area contributed by atoms with Crippen molar-refractivity contribution in [2.45, 2.75) is 32.4 Å². The van der Waals surface area contributed by atoms with Gasteiger partial charge in [-0.25, -0.2) is 0 Å². The predicted molar refractivity (Wildman–Crippen MR) is 69.7 cm³/mol. The molecule has 1 saturated heterocycles. The van der Waals surface area contributed by atoms with E-state index in [4.69, 9.17) is 4.74 Å². The molecule has 0 aromatic heterocycles. The van der Waals surface area contributed by atoms with Crippen LogP contribution in [0.25, 0.3) is 0 Å². The molecule has 0 amide bonds. The molecule has 1 atom stereocenters. The molecule has 0 N–H and O–H groups in total. The summed E-state index contributed by atoms with van der Waals surface area (Å²) < 4.78 is 5.95. The minimum Gasteiger partial charge on any atom is -0.464 e. The van der Waals surface area contributed by atoms with Crippen molar-refractivity contribution in [1.82, 2.24) is 4.90 Å². The zero-order valence-corrected chi connectivity index (χ0v) is 10.4. The van der Waals surface area contributed by atoms with E-state index in [1.165, 1.54) is 19.3 Å². The fraction of sp³-hybridized carbons (Fsp3) is 0.467. The molecule has 2 heteroatoms. The zero-order chi connectivity index (χ0) is 11.9. The quantitative estimate of drug-likeness (QED) is 0.739. The van der Waals surface area contributed by atoms with Crippen LogP contribution in [0.3, 0.4) is 0 Å². The van der Waals surface area contributed by atoms with Gasteiger partial charge in [-0.05, 0) is 37.8 Å². The number of hydrogen-bond donors (Lipinski definition) is 0. The monoisotopic (exact) mass is 229 g/mol. The summed E-state index contributed by atoms with van der Waals surface area (Å²) in [6.07, 6.45) is 3.73. The highest BCUT2D eigenvalue weighted by Gasteiger charge is 2.19. The van der Waals surface area contributed by atoms with E-state index < -0.39 is 0 Å². The topological polar surface area (TPSA) is 12.5 Å². The Balaban J connectivity index is 2.03. The smallest absolute Gasteiger partial charge is 0.216 e. The summed E-state index contributed by atoms with van der Waals surface area (Å²) >= 11 is 0. The normalized spacial score (nSPS) is 17.9. The Morgan fingerprint density at radius 3 is 2.47 bits per heavy atom.